The minimum absolute atomic E-state index is 0.0123. The molecule has 112 valence electrons. The first kappa shape index (κ1) is 15.0. The van der Waals surface area contributed by atoms with Crippen molar-refractivity contribution >= 4 is 17.7 Å². The summed E-state index contributed by atoms with van der Waals surface area (Å²) in [6.07, 6.45) is 2.67. The molecule has 1 aliphatic heterocycles. The number of carbonyl (C=O) groups is 3. The van der Waals surface area contributed by atoms with Crippen molar-refractivity contribution in [1.82, 2.24) is 4.90 Å². The fourth-order valence-corrected chi connectivity index (χ4v) is 3.04. The lowest BCUT2D eigenvalue weighted by atomic mass is 9.81. The number of likely N-dealkylation sites (tertiary alicyclic amines) is 1. The molecule has 2 fully saturated rings. The van der Waals surface area contributed by atoms with Gasteiger partial charge in [-0.15, -0.1) is 0 Å². The standard InChI is InChI=1S/C15H23NO4/c1-15(2,3)20-14(19)16-9-5-6-10(16)13-11(17)7-4-8-12(13)18/h10,13H,4-9H2,1-3H3. The predicted molar refractivity (Wildman–Crippen MR) is 73.3 cm³/mol. The number of Topliss-reactive ketones (excluding diaryl/α,β-unsaturated/α-hetero) is 2. The summed E-state index contributed by atoms with van der Waals surface area (Å²) in [5, 5.41) is 0. The first-order valence-electron chi connectivity index (χ1n) is 7.34. The molecule has 1 saturated carbocycles. The van der Waals surface area contributed by atoms with Crippen molar-refractivity contribution in [3.05, 3.63) is 0 Å². The molecule has 20 heavy (non-hydrogen) atoms. The van der Waals surface area contributed by atoms with Crippen LogP contribution in [0.2, 0.25) is 0 Å². The third kappa shape index (κ3) is 3.19. The molecule has 0 N–H and O–H groups in total. The Morgan fingerprint density at radius 3 is 2.30 bits per heavy atom. The topological polar surface area (TPSA) is 63.7 Å². The Bertz CT molecular complexity index is 408. The van der Waals surface area contributed by atoms with Crippen molar-refractivity contribution in [3.63, 3.8) is 0 Å². The Morgan fingerprint density at radius 1 is 1.15 bits per heavy atom. The SMILES string of the molecule is CC(C)(C)OC(=O)N1CCCC1C1C(=O)CCCC1=O. The number of rotatable bonds is 1. The van der Waals surface area contributed by atoms with Gasteiger partial charge in [0.25, 0.3) is 0 Å². The van der Waals surface area contributed by atoms with Gasteiger partial charge in [-0.25, -0.2) is 4.79 Å². The van der Waals surface area contributed by atoms with Gasteiger partial charge in [0.2, 0.25) is 0 Å². The van der Waals surface area contributed by atoms with Crippen LogP contribution in [0.1, 0.15) is 52.9 Å². The Balaban J connectivity index is 2.12. The van der Waals surface area contributed by atoms with Gasteiger partial charge in [0, 0.05) is 19.4 Å². The number of carbonyl (C=O) groups excluding carboxylic acids is 3. The van der Waals surface area contributed by atoms with E-state index in [2.05, 4.69) is 0 Å². The smallest absolute Gasteiger partial charge is 0.410 e. The predicted octanol–water partition coefficient (Wildman–Crippen LogP) is 2.32. The fraction of sp³-hybridized carbons (Fsp3) is 0.800. The van der Waals surface area contributed by atoms with Crippen LogP contribution in [0.25, 0.3) is 0 Å². The summed E-state index contributed by atoms with van der Waals surface area (Å²) < 4.78 is 5.38. The number of hydrogen-bond donors (Lipinski definition) is 0. The van der Waals surface area contributed by atoms with Crippen LogP contribution in [0.15, 0.2) is 0 Å². The summed E-state index contributed by atoms with van der Waals surface area (Å²) in [7, 11) is 0. The molecule has 1 heterocycles. The van der Waals surface area contributed by atoms with E-state index in [0.717, 1.165) is 6.42 Å². The second kappa shape index (κ2) is 5.54. The second-order valence-electron chi connectivity index (χ2n) is 6.65. The molecule has 0 radical (unpaired) electrons. The molecule has 5 heteroatoms. The highest BCUT2D eigenvalue weighted by molar-refractivity contribution is 6.05. The molecule has 0 aromatic carbocycles. The van der Waals surface area contributed by atoms with Gasteiger partial charge < -0.3 is 9.64 Å². The van der Waals surface area contributed by atoms with E-state index in [1.807, 2.05) is 20.8 Å². The average molecular weight is 281 g/mol. The van der Waals surface area contributed by atoms with Gasteiger partial charge in [-0.3, -0.25) is 9.59 Å². The maximum absolute atomic E-state index is 12.2. The number of ketones is 2. The Hall–Kier alpha value is -1.39. The van der Waals surface area contributed by atoms with E-state index in [1.54, 1.807) is 4.90 Å². The van der Waals surface area contributed by atoms with Crippen molar-refractivity contribution in [2.45, 2.75) is 64.5 Å². The van der Waals surface area contributed by atoms with Crippen LogP contribution in [-0.2, 0) is 14.3 Å². The minimum atomic E-state index is -0.626. The highest BCUT2D eigenvalue weighted by atomic mass is 16.6. The van der Waals surface area contributed by atoms with Crippen molar-refractivity contribution in [1.29, 1.82) is 0 Å². The van der Waals surface area contributed by atoms with Gasteiger partial charge >= 0.3 is 6.09 Å². The molecule has 0 spiro atoms. The zero-order valence-electron chi connectivity index (χ0n) is 12.5. The summed E-state index contributed by atoms with van der Waals surface area (Å²) >= 11 is 0. The van der Waals surface area contributed by atoms with Crippen LogP contribution in [0.4, 0.5) is 4.79 Å². The summed E-state index contributed by atoms with van der Waals surface area (Å²) in [4.78, 5) is 37.9. The molecule has 5 nitrogen and oxygen atoms in total. The van der Waals surface area contributed by atoms with Crippen LogP contribution in [0.3, 0.4) is 0 Å². The van der Waals surface area contributed by atoms with Gasteiger partial charge in [-0.1, -0.05) is 0 Å². The van der Waals surface area contributed by atoms with Crippen molar-refractivity contribution in [2.24, 2.45) is 5.92 Å². The summed E-state index contributed by atoms with van der Waals surface area (Å²) in [5.41, 5.74) is -0.565. The van der Waals surface area contributed by atoms with E-state index < -0.39 is 17.6 Å². The zero-order valence-corrected chi connectivity index (χ0v) is 12.5. The summed E-state index contributed by atoms with van der Waals surface area (Å²) in [6.45, 7) is 6.00. The highest BCUT2D eigenvalue weighted by Crippen LogP contribution is 2.31. The van der Waals surface area contributed by atoms with E-state index in [1.165, 1.54) is 0 Å². The largest absolute Gasteiger partial charge is 0.444 e. The van der Waals surface area contributed by atoms with Crippen LogP contribution >= 0.6 is 0 Å². The lowest BCUT2D eigenvalue weighted by Gasteiger charge is -2.33. The molecular weight excluding hydrogens is 258 g/mol. The monoisotopic (exact) mass is 281 g/mol. The molecular formula is C15H23NO4. The molecule has 1 unspecified atom stereocenters. The highest BCUT2D eigenvalue weighted by Gasteiger charge is 2.44. The molecule has 0 aromatic heterocycles. The lowest BCUT2D eigenvalue weighted by Crippen LogP contribution is -2.48. The van der Waals surface area contributed by atoms with Crippen molar-refractivity contribution in [2.75, 3.05) is 6.54 Å². The van der Waals surface area contributed by atoms with E-state index in [4.69, 9.17) is 4.74 Å². The average Bonchev–Trinajstić information content (AvgIpc) is 2.75. The molecule has 0 bridgehead atoms. The molecule has 1 saturated heterocycles. The lowest BCUT2D eigenvalue weighted by molar-refractivity contribution is -0.137. The van der Waals surface area contributed by atoms with Gasteiger partial charge in [0.05, 0.1) is 12.0 Å². The number of ether oxygens (including phenoxy) is 1. The first-order chi connectivity index (χ1) is 9.29. The molecule has 1 aliphatic carbocycles. The minimum Gasteiger partial charge on any atom is -0.444 e. The van der Waals surface area contributed by atoms with Gasteiger partial charge in [0.1, 0.15) is 17.2 Å². The third-order valence-electron chi connectivity index (χ3n) is 3.85. The fourth-order valence-electron chi connectivity index (χ4n) is 3.04. The Labute approximate surface area is 119 Å². The molecule has 2 aliphatic rings. The van der Waals surface area contributed by atoms with Crippen molar-refractivity contribution in [3.8, 4) is 0 Å². The first-order valence-corrected chi connectivity index (χ1v) is 7.34. The van der Waals surface area contributed by atoms with E-state index in [9.17, 15) is 14.4 Å². The molecule has 2 rings (SSSR count). The van der Waals surface area contributed by atoms with Crippen LogP contribution in [0.5, 0.6) is 0 Å². The van der Waals surface area contributed by atoms with Crippen LogP contribution in [0, 0.1) is 5.92 Å². The van der Waals surface area contributed by atoms with Crippen LogP contribution < -0.4 is 0 Å². The normalized spacial score (nSPS) is 25.1. The number of nitrogens with zero attached hydrogens (tertiary/aromatic N) is 1. The maximum Gasteiger partial charge on any atom is 0.410 e. The van der Waals surface area contributed by atoms with E-state index in [-0.39, 0.29) is 17.6 Å². The third-order valence-corrected chi connectivity index (χ3v) is 3.85. The van der Waals surface area contributed by atoms with E-state index in [0.29, 0.717) is 32.2 Å². The van der Waals surface area contributed by atoms with E-state index >= 15 is 0 Å². The molecule has 1 atom stereocenters. The zero-order chi connectivity index (χ0) is 14.9. The number of amides is 1. The van der Waals surface area contributed by atoms with Crippen molar-refractivity contribution < 1.29 is 19.1 Å². The second-order valence-corrected chi connectivity index (χ2v) is 6.65. The summed E-state index contributed by atoms with van der Waals surface area (Å²) in [6, 6.07) is -0.301. The van der Waals surface area contributed by atoms with Crippen LogP contribution in [-0.4, -0.2) is 40.7 Å². The Morgan fingerprint density at radius 2 is 1.75 bits per heavy atom. The van der Waals surface area contributed by atoms with Gasteiger partial charge in [-0.2, -0.15) is 0 Å². The quantitative estimate of drug-likeness (QED) is 0.692. The van der Waals surface area contributed by atoms with Gasteiger partial charge in [0.15, 0.2) is 0 Å². The molecule has 1 amide bonds. The van der Waals surface area contributed by atoms with Gasteiger partial charge in [-0.05, 0) is 40.0 Å². The maximum atomic E-state index is 12.2. The Kier molecular flexibility index (Phi) is 4.16. The summed E-state index contributed by atoms with van der Waals surface area (Å²) in [5.74, 6) is -0.651. The molecule has 0 aromatic rings. The number of hydrogen-bond acceptors (Lipinski definition) is 4.